The predicted octanol–water partition coefficient (Wildman–Crippen LogP) is 2.07. The van der Waals surface area contributed by atoms with Gasteiger partial charge in [0.2, 0.25) is 0 Å². The molecule has 6 heteroatoms. The third-order valence-corrected chi connectivity index (χ3v) is 3.36. The van der Waals surface area contributed by atoms with Gasteiger partial charge in [0.15, 0.2) is 0 Å². The van der Waals surface area contributed by atoms with Crippen LogP contribution in [0.2, 0.25) is 0 Å². The number of ether oxygens (including phenoxy) is 1. The number of aliphatic hydroxyl groups excluding tert-OH is 1. The quantitative estimate of drug-likeness (QED) is 0.795. The topological polar surface area (TPSA) is 99.6 Å². The van der Waals surface area contributed by atoms with Crippen LogP contribution in [0.25, 0.3) is 0 Å². The molecular formula is C18H27N3O3. The Labute approximate surface area is 143 Å². The van der Waals surface area contributed by atoms with Crippen molar-refractivity contribution >= 4 is 6.09 Å². The van der Waals surface area contributed by atoms with Crippen LogP contribution in [0.5, 0.6) is 0 Å². The lowest BCUT2D eigenvalue weighted by Gasteiger charge is -2.30. The zero-order valence-electron chi connectivity index (χ0n) is 14.6. The molecule has 0 spiro atoms. The van der Waals surface area contributed by atoms with Crippen molar-refractivity contribution in [1.29, 1.82) is 5.26 Å². The largest absolute Gasteiger partial charge is 0.444 e. The molecule has 1 amide bonds. The first-order chi connectivity index (χ1) is 11.2. The first-order valence-corrected chi connectivity index (χ1v) is 8.05. The van der Waals surface area contributed by atoms with Crippen LogP contribution in [0.4, 0.5) is 4.79 Å². The number of aliphatic hydroxyl groups is 1. The lowest BCUT2D eigenvalue weighted by Crippen LogP contribution is -2.48. The summed E-state index contributed by atoms with van der Waals surface area (Å²) in [7, 11) is 0. The molecular weight excluding hydrogens is 306 g/mol. The molecule has 3 N–H and O–H groups in total. The van der Waals surface area contributed by atoms with Crippen LogP contribution in [0.15, 0.2) is 30.3 Å². The fourth-order valence-corrected chi connectivity index (χ4v) is 2.15. The van der Waals surface area contributed by atoms with Crippen LogP contribution in [0, 0.1) is 11.3 Å². The van der Waals surface area contributed by atoms with E-state index in [-0.39, 0.29) is 19.5 Å². The van der Waals surface area contributed by atoms with Gasteiger partial charge in [-0.3, -0.25) is 0 Å². The third kappa shape index (κ3) is 7.44. The molecule has 0 radical (unpaired) electrons. The molecule has 1 unspecified atom stereocenters. The van der Waals surface area contributed by atoms with E-state index in [1.54, 1.807) is 20.8 Å². The highest BCUT2D eigenvalue weighted by atomic mass is 16.6. The minimum atomic E-state index is -0.906. The van der Waals surface area contributed by atoms with E-state index in [9.17, 15) is 9.90 Å². The lowest BCUT2D eigenvalue weighted by molar-refractivity contribution is 0.0125. The summed E-state index contributed by atoms with van der Waals surface area (Å²) in [6.07, 6.45) is -0.789. The Balaban J connectivity index is 2.67. The molecule has 6 nitrogen and oxygen atoms in total. The van der Waals surface area contributed by atoms with Crippen LogP contribution >= 0.6 is 0 Å². The fraction of sp³-hybridized carbons (Fsp3) is 0.556. The first kappa shape index (κ1) is 19.9. The summed E-state index contributed by atoms with van der Waals surface area (Å²) in [4.78, 5) is 13.6. The average molecular weight is 333 g/mol. The highest BCUT2D eigenvalue weighted by Gasteiger charge is 2.26. The zero-order chi connectivity index (χ0) is 18.2. The summed E-state index contributed by atoms with van der Waals surface area (Å²) in [5.74, 6) is 0. The van der Waals surface area contributed by atoms with E-state index < -0.39 is 23.8 Å². The third-order valence-electron chi connectivity index (χ3n) is 3.36. The van der Waals surface area contributed by atoms with Crippen LogP contribution in [0.3, 0.4) is 0 Å². The highest BCUT2D eigenvalue weighted by molar-refractivity contribution is 5.68. The van der Waals surface area contributed by atoms with Crippen molar-refractivity contribution in [2.75, 3.05) is 13.1 Å². The molecule has 1 aromatic carbocycles. The van der Waals surface area contributed by atoms with E-state index in [1.807, 2.05) is 36.4 Å². The van der Waals surface area contributed by atoms with E-state index >= 15 is 0 Å². The molecule has 132 valence electrons. The SMILES string of the molecule is CC(C)(C)OC(=O)N(CCC#N)C[C@@H](O)C(N)Cc1ccccc1. The van der Waals surface area contributed by atoms with Crippen molar-refractivity contribution in [3.63, 3.8) is 0 Å². The Bertz CT molecular complexity index is 549. The van der Waals surface area contributed by atoms with E-state index in [0.29, 0.717) is 6.42 Å². The fourth-order valence-electron chi connectivity index (χ4n) is 2.15. The molecule has 24 heavy (non-hydrogen) atoms. The molecule has 0 saturated carbocycles. The molecule has 0 aromatic heterocycles. The summed E-state index contributed by atoms with van der Waals surface area (Å²) >= 11 is 0. The summed E-state index contributed by atoms with van der Waals surface area (Å²) < 4.78 is 5.32. The Morgan fingerprint density at radius 3 is 2.54 bits per heavy atom. The normalized spacial score (nSPS) is 13.7. The van der Waals surface area contributed by atoms with Crippen molar-refractivity contribution in [1.82, 2.24) is 4.90 Å². The number of carbonyl (C=O) groups is 1. The molecule has 0 aliphatic rings. The Kier molecular flexibility index (Phi) is 7.69. The summed E-state index contributed by atoms with van der Waals surface area (Å²) in [6, 6.07) is 11.1. The Morgan fingerprint density at radius 1 is 1.38 bits per heavy atom. The number of rotatable bonds is 7. The number of amides is 1. The average Bonchev–Trinajstić information content (AvgIpc) is 2.50. The molecule has 0 heterocycles. The Morgan fingerprint density at radius 2 is 2.00 bits per heavy atom. The van der Waals surface area contributed by atoms with Gasteiger partial charge in [-0.05, 0) is 32.8 Å². The molecule has 0 aliphatic carbocycles. The molecule has 0 fully saturated rings. The van der Waals surface area contributed by atoms with Crippen molar-refractivity contribution < 1.29 is 14.6 Å². The summed E-state index contributed by atoms with van der Waals surface area (Å²) in [5.41, 5.74) is 6.44. The predicted molar refractivity (Wildman–Crippen MR) is 92.2 cm³/mol. The van der Waals surface area contributed by atoms with Gasteiger partial charge < -0.3 is 20.5 Å². The Hall–Kier alpha value is -2.10. The van der Waals surface area contributed by atoms with E-state index in [2.05, 4.69) is 0 Å². The van der Waals surface area contributed by atoms with Gasteiger partial charge in [0.25, 0.3) is 0 Å². The first-order valence-electron chi connectivity index (χ1n) is 8.05. The summed E-state index contributed by atoms with van der Waals surface area (Å²) in [5, 5.41) is 19.1. The molecule has 2 atom stereocenters. The number of hydrogen-bond donors (Lipinski definition) is 2. The van der Waals surface area contributed by atoms with Gasteiger partial charge >= 0.3 is 6.09 Å². The number of nitriles is 1. The van der Waals surface area contributed by atoms with Crippen molar-refractivity contribution in [2.45, 2.75) is 51.4 Å². The van der Waals surface area contributed by atoms with Crippen LogP contribution < -0.4 is 5.73 Å². The maximum Gasteiger partial charge on any atom is 0.410 e. The van der Waals surface area contributed by atoms with Gasteiger partial charge in [0.05, 0.1) is 25.1 Å². The number of nitrogens with zero attached hydrogens (tertiary/aromatic N) is 2. The number of carbonyl (C=O) groups excluding carboxylic acids is 1. The molecule has 1 aromatic rings. The number of hydrogen-bond acceptors (Lipinski definition) is 5. The second-order valence-electron chi connectivity index (χ2n) is 6.76. The van der Waals surface area contributed by atoms with Crippen molar-refractivity contribution in [2.24, 2.45) is 5.73 Å². The summed E-state index contributed by atoms with van der Waals surface area (Å²) in [6.45, 7) is 5.53. The maximum atomic E-state index is 12.2. The van der Waals surface area contributed by atoms with E-state index in [4.69, 9.17) is 15.7 Å². The minimum absolute atomic E-state index is 0.0323. The van der Waals surface area contributed by atoms with Crippen LogP contribution in [-0.2, 0) is 11.2 Å². The molecule has 1 rings (SSSR count). The van der Waals surface area contributed by atoms with Gasteiger partial charge in [0, 0.05) is 12.6 Å². The molecule has 0 bridgehead atoms. The van der Waals surface area contributed by atoms with Gasteiger partial charge in [-0.25, -0.2) is 4.79 Å². The van der Waals surface area contributed by atoms with E-state index in [1.165, 1.54) is 4.90 Å². The van der Waals surface area contributed by atoms with Gasteiger partial charge in [0.1, 0.15) is 5.60 Å². The van der Waals surface area contributed by atoms with Crippen LogP contribution in [0.1, 0.15) is 32.8 Å². The number of benzene rings is 1. The van der Waals surface area contributed by atoms with Crippen molar-refractivity contribution in [3.8, 4) is 6.07 Å². The minimum Gasteiger partial charge on any atom is -0.444 e. The van der Waals surface area contributed by atoms with Gasteiger partial charge in [-0.15, -0.1) is 0 Å². The standard InChI is InChI=1S/C18H27N3O3/c1-18(2,3)24-17(23)21(11-7-10-19)13-16(22)15(20)12-14-8-5-4-6-9-14/h4-6,8-9,15-16,22H,7,11-13,20H2,1-3H3/t15?,16-/m1/s1. The van der Waals surface area contributed by atoms with Crippen molar-refractivity contribution in [3.05, 3.63) is 35.9 Å². The van der Waals surface area contributed by atoms with E-state index in [0.717, 1.165) is 5.56 Å². The molecule has 0 saturated heterocycles. The monoisotopic (exact) mass is 333 g/mol. The second-order valence-corrected chi connectivity index (χ2v) is 6.76. The van der Waals surface area contributed by atoms with Gasteiger partial charge in [-0.1, -0.05) is 30.3 Å². The zero-order valence-corrected chi connectivity index (χ0v) is 14.6. The highest BCUT2D eigenvalue weighted by Crippen LogP contribution is 2.12. The van der Waals surface area contributed by atoms with Gasteiger partial charge in [-0.2, -0.15) is 5.26 Å². The van der Waals surface area contributed by atoms with Crippen LogP contribution in [-0.4, -0.2) is 46.9 Å². The lowest BCUT2D eigenvalue weighted by atomic mass is 10.0. The second kappa shape index (κ2) is 9.26. The smallest absolute Gasteiger partial charge is 0.410 e. The molecule has 0 aliphatic heterocycles. The maximum absolute atomic E-state index is 12.2. The number of nitrogens with two attached hydrogens (primary N) is 1.